The van der Waals surface area contributed by atoms with Gasteiger partial charge in [-0.05, 0) is 71.6 Å². The number of rotatable bonds is 15. The molecular weight excluding hydrogens is 699 g/mol. The average molecular weight is 755 g/mol. The third kappa shape index (κ3) is 7.94. The van der Waals surface area contributed by atoms with Crippen molar-refractivity contribution in [1.29, 1.82) is 0 Å². The molecule has 56 heavy (non-hydrogen) atoms. The van der Waals surface area contributed by atoms with E-state index in [9.17, 15) is 14.4 Å². The van der Waals surface area contributed by atoms with Crippen LogP contribution in [-0.4, -0.2) is 42.5 Å². The Morgan fingerprint density at radius 3 is 1.84 bits per heavy atom. The number of amides is 2. The second kappa shape index (κ2) is 16.4. The van der Waals surface area contributed by atoms with Crippen LogP contribution in [0.3, 0.4) is 0 Å². The van der Waals surface area contributed by atoms with Crippen molar-refractivity contribution in [1.82, 2.24) is 10.6 Å². The minimum absolute atomic E-state index is 0.0486. The first kappa shape index (κ1) is 39.5. The van der Waals surface area contributed by atoms with E-state index in [1.807, 2.05) is 121 Å². The lowest BCUT2D eigenvalue weighted by Gasteiger charge is -2.64. The summed E-state index contributed by atoms with van der Waals surface area (Å²) in [5, 5.41) is 6.60. The molecule has 4 aromatic carbocycles. The molecule has 6 atom stereocenters. The van der Waals surface area contributed by atoms with Crippen molar-refractivity contribution in [3.05, 3.63) is 144 Å². The molecule has 2 N–H and O–H groups in total. The quantitative estimate of drug-likeness (QED) is 0.0724. The summed E-state index contributed by atoms with van der Waals surface area (Å²) in [6.07, 6.45) is 2.08. The van der Waals surface area contributed by atoms with Gasteiger partial charge in [-0.2, -0.15) is 0 Å². The number of ether oxygens (including phenoxy) is 1. The zero-order valence-corrected chi connectivity index (χ0v) is 33.3. The first-order valence-corrected chi connectivity index (χ1v) is 20.2. The van der Waals surface area contributed by atoms with Gasteiger partial charge in [-0.25, -0.2) is 0 Å². The van der Waals surface area contributed by atoms with Crippen LogP contribution in [0.4, 0.5) is 0 Å². The SMILES string of the molecule is CC(C)C[C@H](NC(=O)[C@H](CC(=O)NC(c1ccccc1)(c1ccccc1)c1ccccc1)CC(=O)OCc1ccccc1)B1O[C@@H]2C[C@@H]3C[C@@H](C3(C)C)[C@]2(C)O1. The lowest BCUT2D eigenvalue weighted by Crippen LogP contribution is -2.65. The van der Waals surface area contributed by atoms with Gasteiger partial charge in [0.1, 0.15) is 12.1 Å². The maximum Gasteiger partial charge on any atom is 0.481 e. The maximum absolute atomic E-state index is 14.6. The molecule has 0 aromatic heterocycles. The highest BCUT2D eigenvalue weighted by atomic mass is 16.7. The summed E-state index contributed by atoms with van der Waals surface area (Å²) in [5.74, 6) is -1.69. The Morgan fingerprint density at radius 2 is 1.32 bits per heavy atom. The number of hydrogen-bond donors (Lipinski definition) is 2. The van der Waals surface area contributed by atoms with Gasteiger partial charge in [0.25, 0.3) is 0 Å². The van der Waals surface area contributed by atoms with Gasteiger partial charge in [0.05, 0.1) is 30.0 Å². The molecule has 0 spiro atoms. The van der Waals surface area contributed by atoms with Crippen LogP contribution in [0.2, 0.25) is 0 Å². The number of carbonyl (C=O) groups excluding carboxylic acids is 3. The zero-order chi connectivity index (χ0) is 39.5. The first-order valence-electron chi connectivity index (χ1n) is 20.2. The van der Waals surface area contributed by atoms with Crippen LogP contribution in [0.5, 0.6) is 0 Å². The molecule has 292 valence electrons. The van der Waals surface area contributed by atoms with Crippen molar-refractivity contribution in [2.45, 2.75) is 96.5 Å². The first-order chi connectivity index (χ1) is 26.9. The summed E-state index contributed by atoms with van der Waals surface area (Å²) >= 11 is 0. The summed E-state index contributed by atoms with van der Waals surface area (Å²) in [4.78, 5) is 42.7. The van der Waals surface area contributed by atoms with E-state index in [1.165, 1.54) is 0 Å². The molecule has 3 aliphatic carbocycles. The average Bonchev–Trinajstić information content (AvgIpc) is 3.57. The summed E-state index contributed by atoms with van der Waals surface area (Å²) < 4.78 is 19.2. The monoisotopic (exact) mass is 754 g/mol. The Hall–Kier alpha value is -4.73. The lowest BCUT2D eigenvalue weighted by atomic mass is 9.43. The zero-order valence-electron chi connectivity index (χ0n) is 33.3. The maximum atomic E-state index is 14.6. The summed E-state index contributed by atoms with van der Waals surface area (Å²) in [7, 11) is -0.645. The molecule has 9 heteroatoms. The van der Waals surface area contributed by atoms with Crippen molar-refractivity contribution >= 4 is 24.9 Å². The van der Waals surface area contributed by atoms with Crippen LogP contribution in [0.25, 0.3) is 0 Å². The molecule has 1 saturated heterocycles. The molecule has 8 nitrogen and oxygen atoms in total. The second-order valence-electron chi connectivity index (χ2n) is 17.2. The van der Waals surface area contributed by atoms with Crippen LogP contribution in [0.1, 0.15) is 89.0 Å². The van der Waals surface area contributed by atoms with Gasteiger partial charge in [0, 0.05) is 6.42 Å². The summed E-state index contributed by atoms with van der Waals surface area (Å²) in [6, 6.07) is 38.9. The van der Waals surface area contributed by atoms with Gasteiger partial charge in [-0.3, -0.25) is 14.4 Å². The number of carbonyl (C=O) groups is 3. The molecule has 4 aliphatic rings. The van der Waals surface area contributed by atoms with Crippen molar-refractivity contribution in [3.8, 4) is 0 Å². The fourth-order valence-corrected chi connectivity index (χ4v) is 9.64. The third-order valence-electron chi connectivity index (χ3n) is 12.8. The van der Waals surface area contributed by atoms with Gasteiger partial charge in [-0.15, -0.1) is 0 Å². The number of hydrogen-bond acceptors (Lipinski definition) is 6. The Kier molecular flexibility index (Phi) is 11.6. The van der Waals surface area contributed by atoms with Gasteiger partial charge in [0.15, 0.2) is 0 Å². The summed E-state index contributed by atoms with van der Waals surface area (Å²) in [6.45, 7) is 11.1. The molecule has 0 unspecified atom stereocenters. The molecule has 4 aromatic rings. The Bertz CT molecular complexity index is 1860. The normalized spacial score (nSPS) is 23.3. The van der Waals surface area contributed by atoms with Crippen molar-refractivity contribution < 1.29 is 28.4 Å². The Morgan fingerprint density at radius 1 is 0.786 bits per heavy atom. The standard InChI is InChI=1S/C47H55BN2O6/c1-32(2)26-41(48-55-40-30-38-29-39(45(38,3)4)46(40,5)56-48)49-44(53)34(28-43(52)54-31-33-18-10-6-11-19-33)27-42(51)50-47(35-20-12-7-13-21-35,36-22-14-8-15-23-36)37-24-16-9-17-25-37/h6-25,32,34,38-41H,26-31H2,1-5H3,(H,49,53)(H,50,51)/t34-,38+,39+,40-,41+,46+/m1/s1. The second-order valence-corrected chi connectivity index (χ2v) is 17.2. The topological polar surface area (TPSA) is 103 Å². The number of benzene rings is 4. The number of esters is 1. The molecular formula is C47H55BN2O6. The van der Waals surface area contributed by atoms with E-state index in [2.05, 4.69) is 45.3 Å². The van der Waals surface area contributed by atoms with Crippen LogP contribution in [0.15, 0.2) is 121 Å². The van der Waals surface area contributed by atoms with Crippen molar-refractivity contribution in [2.24, 2.45) is 29.1 Å². The Balaban J connectivity index is 1.16. The van der Waals surface area contributed by atoms with Crippen LogP contribution < -0.4 is 10.6 Å². The van der Waals surface area contributed by atoms with Gasteiger partial charge in [0.2, 0.25) is 11.8 Å². The minimum Gasteiger partial charge on any atom is -0.461 e. The van der Waals surface area contributed by atoms with Crippen molar-refractivity contribution in [2.75, 3.05) is 0 Å². The molecule has 1 aliphatic heterocycles. The van der Waals surface area contributed by atoms with E-state index in [4.69, 9.17) is 14.0 Å². The predicted octanol–water partition coefficient (Wildman–Crippen LogP) is 8.03. The summed E-state index contributed by atoms with van der Waals surface area (Å²) in [5.41, 5.74) is 2.06. The molecule has 4 fully saturated rings. The molecule has 2 bridgehead atoms. The largest absolute Gasteiger partial charge is 0.481 e. The van der Waals surface area contributed by atoms with Gasteiger partial charge in [-0.1, -0.05) is 149 Å². The fourth-order valence-electron chi connectivity index (χ4n) is 9.64. The number of nitrogens with one attached hydrogen (secondary N) is 2. The highest BCUT2D eigenvalue weighted by Gasteiger charge is 2.68. The van der Waals surface area contributed by atoms with Gasteiger partial charge >= 0.3 is 13.1 Å². The molecule has 1 heterocycles. The van der Waals surface area contributed by atoms with E-state index in [0.29, 0.717) is 18.3 Å². The van der Waals surface area contributed by atoms with Crippen LogP contribution in [-0.2, 0) is 40.6 Å². The highest BCUT2D eigenvalue weighted by Crippen LogP contribution is 2.65. The van der Waals surface area contributed by atoms with E-state index in [1.54, 1.807) is 0 Å². The predicted molar refractivity (Wildman–Crippen MR) is 218 cm³/mol. The molecule has 8 rings (SSSR count). The smallest absolute Gasteiger partial charge is 0.461 e. The molecule has 2 amide bonds. The van der Waals surface area contributed by atoms with E-state index >= 15 is 0 Å². The van der Waals surface area contributed by atoms with Gasteiger partial charge < -0.3 is 24.7 Å². The van der Waals surface area contributed by atoms with Crippen molar-refractivity contribution in [3.63, 3.8) is 0 Å². The lowest BCUT2D eigenvalue weighted by molar-refractivity contribution is -0.199. The van der Waals surface area contributed by atoms with Crippen LogP contribution >= 0.6 is 0 Å². The minimum atomic E-state index is -1.08. The fraction of sp³-hybridized carbons (Fsp3) is 0.426. The molecule has 3 saturated carbocycles. The highest BCUT2D eigenvalue weighted by molar-refractivity contribution is 6.47. The Labute approximate surface area is 332 Å². The van der Waals surface area contributed by atoms with E-state index in [-0.39, 0.29) is 42.8 Å². The van der Waals surface area contributed by atoms with E-state index < -0.39 is 42.0 Å². The van der Waals surface area contributed by atoms with Crippen LogP contribution in [0, 0.1) is 29.1 Å². The third-order valence-corrected chi connectivity index (χ3v) is 12.8. The van der Waals surface area contributed by atoms with E-state index in [0.717, 1.165) is 35.1 Å². The molecule has 0 radical (unpaired) electrons.